The molecule has 0 saturated carbocycles. The smallest absolute Gasteiger partial charge is 0.337 e. The van der Waals surface area contributed by atoms with E-state index >= 15 is 0 Å². The van der Waals surface area contributed by atoms with E-state index in [9.17, 15) is 14.7 Å². The fourth-order valence-corrected chi connectivity index (χ4v) is 4.72. The lowest BCUT2D eigenvalue weighted by Gasteiger charge is -2.37. The van der Waals surface area contributed by atoms with Gasteiger partial charge in [0, 0.05) is 34.9 Å². The van der Waals surface area contributed by atoms with E-state index in [4.69, 9.17) is 4.42 Å². The van der Waals surface area contributed by atoms with Gasteiger partial charge in [0.25, 0.3) is 0 Å². The topological polar surface area (TPSA) is 82.8 Å². The van der Waals surface area contributed by atoms with Gasteiger partial charge in [0.05, 0.1) is 17.0 Å². The Kier molecular flexibility index (Phi) is 6.27. The molecule has 7 heteroatoms. The quantitative estimate of drug-likeness (QED) is 0.413. The van der Waals surface area contributed by atoms with E-state index in [1.54, 1.807) is 24.3 Å². The molecule has 1 aliphatic heterocycles. The number of hydrogen-bond donors (Lipinski definition) is 2. The number of aromatic carboxylic acids is 1. The molecule has 4 rings (SSSR count). The van der Waals surface area contributed by atoms with Crippen LogP contribution < -0.4 is 15.6 Å². The molecule has 174 valence electrons. The van der Waals surface area contributed by atoms with Crippen molar-refractivity contribution in [3.05, 3.63) is 67.8 Å². The molecule has 0 spiro atoms. The van der Waals surface area contributed by atoms with E-state index in [1.165, 1.54) is 0 Å². The number of nitrogens with one attached hydrogen (secondary N) is 1. The Morgan fingerprint density at radius 3 is 2.55 bits per heavy atom. The Bertz CT molecular complexity index is 1270. The van der Waals surface area contributed by atoms with Crippen LogP contribution in [0.4, 0.5) is 11.6 Å². The van der Waals surface area contributed by atoms with E-state index in [0.717, 1.165) is 37.1 Å². The molecular weight excluding hydrogens is 484 g/mol. The minimum atomic E-state index is -1.01. The first-order valence-electron chi connectivity index (χ1n) is 11.2. The van der Waals surface area contributed by atoms with Crippen LogP contribution in [0.25, 0.3) is 11.0 Å². The molecular formula is C26H29BrN2O4. The molecule has 1 atom stereocenters. The van der Waals surface area contributed by atoms with Crippen LogP contribution in [0.2, 0.25) is 0 Å². The lowest BCUT2D eigenvalue weighted by atomic mass is 9.83. The lowest BCUT2D eigenvalue weighted by Crippen LogP contribution is -2.37. The van der Waals surface area contributed by atoms with Gasteiger partial charge in [-0.05, 0) is 61.9 Å². The second-order valence-electron chi connectivity index (χ2n) is 9.69. The maximum Gasteiger partial charge on any atom is 0.337 e. The summed E-state index contributed by atoms with van der Waals surface area (Å²) < 4.78 is 7.05. The highest BCUT2D eigenvalue weighted by atomic mass is 79.9. The van der Waals surface area contributed by atoms with Crippen LogP contribution in [-0.4, -0.2) is 24.2 Å². The number of hydrogen-bond acceptors (Lipinski definition) is 5. The molecule has 1 aliphatic rings. The minimum absolute atomic E-state index is 0.0666. The summed E-state index contributed by atoms with van der Waals surface area (Å²) in [5.41, 5.74) is 3.21. The molecule has 1 fully saturated rings. The molecule has 1 aromatic heterocycles. The number of aryl methyl sites for hydroxylation is 1. The Morgan fingerprint density at radius 1 is 1.18 bits per heavy atom. The number of rotatable bonds is 5. The number of nitrogens with zero attached hydrogens (tertiary/aromatic N) is 1. The van der Waals surface area contributed by atoms with Crippen molar-refractivity contribution in [2.75, 3.05) is 23.3 Å². The molecule has 0 bridgehead atoms. The van der Waals surface area contributed by atoms with Crippen molar-refractivity contribution in [3.63, 3.8) is 0 Å². The summed E-state index contributed by atoms with van der Waals surface area (Å²) in [6, 6.07) is 10.3. The number of fused-ring (bicyclic) bond motifs is 1. The number of carboxylic acids is 1. The van der Waals surface area contributed by atoms with Crippen LogP contribution in [0.15, 0.2) is 50.1 Å². The van der Waals surface area contributed by atoms with Crippen molar-refractivity contribution < 1.29 is 14.3 Å². The van der Waals surface area contributed by atoms with Crippen LogP contribution in [0, 0.1) is 12.3 Å². The van der Waals surface area contributed by atoms with Gasteiger partial charge in [-0.1, -0.05) is 35.8 Å². The predicted molar refractivity (Wildman–Crippen MR) is 136 cm³/mol. The Hall–Kier alpha value is -2.80. The largest absolute Gasteiger partial charge is 0.478 e. The van der Waals surface area contributed by atoms with Crippen molar-refractivity contribution in [2.24, 2.45) is 5.41 Å². The van der Waals surface area contributed by atoms with Crippen molar-refractivity contribution in [3.8, 4) is 0 Å². The fourth-order valence-electron chi connectivity index (χ4n) is 4.36. The van der Waals surface area contributed by atoms with Crippen molar-refractivity contribution in [1.29, 1.82) is 0 Å². The lowest BCUT2D eigenvalue weighted by molar-refractivity contribution is 0.0698. The molecule has 33 heavy (non-hydrogen) atoms. The molecule has 0 aliphatic carbocycles. The zero-order valence-corrected chi connectivity index (χ0v) is 21.0. The van der Waals surface area contributed by atoms with Gasteiger partial charge in [-0.25, -0.2) is 4.79 Å². The number of anilines is 2. The zero-order valence-electron chi connectivity index (χ0n) is 19.4. The van der Waals surface area contributed by atoms with Gasteiger partial charge < -0.3 is 19.7 Å². The third kappa shape index (κ3) is 4.93. The van der Waals surface area contributed by atoms with Crippen LogP contribution in [-0.2, 0) is 0 Å². The van der Waals surface area contributed by atoms with Crippen LogP contribution in [0.3, 0.4) is 0 Å². The van der Waals surface area contributed by atoms with Crippen LogP contribution in [0.5, 0.6) is 0 Å². The Labute approximate surface area is 201 Å². The summed E-state index contributed by atoms with van der Waals surface area (Å²) >= 11 is 3.33. The first-order valence-corrected chi connectivity index (χ1v) is 12.0. The van der Waals surface area contributed by atoms with Crippen LogP contribution >= 0.6 is 15.9 Å². The van der Waals surface area contributed by atoms with Crippen LogP contribution in [0.1, 0.15) is 61.1 Å². The molecule has 3 aromatic rings. The average Bonchev–Trinajstić information content (AvgIpc) is 2.74. The second-order valence-corrected chi connectivity index (χ2v) is 10.6. The number of halogens is 1. The second kappa shape index (κ2) is 8.86. The summed E-state index contributed by atoms with van der Waals surface area (Å²) in [5.74, 6) is -0.419. The number of benzene rings is 2. The highest BCUT2D eigenvalue weighted by Gasteiger charge is 2.27. The first-order chi connectivity index (χ1) is 15.5. The van der Waals surface area contributed by atoms with Gasteiger partial charge in [0.15, 0.2) is 11.3 Å². The minimum Gasteiger partial charge on any atom is -0.478 e. The standard InChI is InChI=1S/C26H29BrN2O4/c1-15-11-18(16(2)28-21-6-5-17(27)13-19(21)25(31)32)24-20(12-15)22(30)14-23(33-24)29-9-7-26(3,4)8-10-29/h5-6,11-14,16,28H,7-10H2,1-4H3,(H,31,32). The van der Waals surface area contributed by atoms with Crippen molar-refractivity contribution >= 4 is 44.4 Å². The predicted octanol–water partition coefficient (Wildman–Crippen LogP) is 6.36. The normalized spacial score (nSPS) is 16.6. The van der Waals surface area contributed by atoms with E-state index < -0.39 is 5.97 Å². The maximum atomic E-state index is 13.0. The first kappa shape index (κ1) is 23.4. The van der Waals surface area contributed by atoms with Gasteiger partial charge in [-0.2, -0.15) is 0 Å². The van der Waals surface area contributed by atoms with E-state index in [2.05, 4.69) is 40.0 Å². The zero-order chi connectivity index (χ0) is 23.9. The highest BCUT2D eigenvalue weighted by molar-refractivity contribution is 9.10. The summed E-state index contributed by atoms with van der Waals surface area (Å²) in [6.07, 6.45) is 2.07. The summed E-state index contributed by atoms with van der Waals surface area (Å²) in [6.45, 7) is 10.1. The van der Waals surface area contributed by atoms with E-state index in [1.807, 2.05) is 26.0 Å². The summed E-state index contributed by atoms with van der Waals surface area (Å²) in [5, 5.41) is 13.5. The third-order valence-electron chi connectivity index (χ3n) is 6.47. The van der Waals surface area contributed by atoms with Gasteiger partial charge in [-0.15, -0.1) is 0 Å². The van der Waals surface area contributed by atoms with Gasteiger partial charge in [0.1, 0.15) is 5.58 Å². The average molecular weight is 513 g/mol. The van der Waals surface area contributed by atoms with Gasteiger partial charge in [0.2, 0.25) is 0 Å². The van der Waals surface area contributed by atoms with E-state index in [-0.39, 0.29) is 17.0 Å². The summed E-state index contributed by atoms with van der Waals surface area (Å²) in [7, 11) is 0. The molecule has 2 heterocycles. The number of piperidine rings is 1. The summed E-state index contributed by atoms with van der Waals surface area (Å²) in [4.78, 5) is 26.9. The molecule has 2 N–H and O–H groups in total. The maximum absolute atomic E-state index is 13.0. The van der Waals surface area contributed by atoms with Crippen molar-refractivity contribution in [1.82, 2.24) is 0 Å². The fraction of sp³-hybridized carbons (Fsp3) is 0.385. The number of carboxylic acid groups (broad SMARTS) is 1. The Morgan fingerprint density at radius 2 is 1.88 bits per heavy atom. The monoisotopic (exact) mass is 512 g/mol. The van der Waals surface area contributed by atoms with Gasteiger partial charge in [-0.3, -0.25) is 4.79 Å². The highest BCUT2D eigenvalue weighted by Crippen LogP contribution is 2.35. The van der Waals surface area contributed by atoms with Crippen molar-refractivity contribution in [2.45, 2.75) is 46.6 Å². The SMILES string of the molecule is Cc1cc(C(C)Nc2ccc(Br)cc2C(=O)O)c2oc(N3CCC(C)(C)CC3)cc(=O)c2c1. The molecule has 1 unspecified atom stereocenters. The molecule has 0 radical (unpaired) electrons. The third-order valence-corrected chi connectivity index (χ3v) is 6.96. The molecule has 0 amide bonds. The molecule has 1 saturated heterocycles. The molecule has 6 nitrogen and oxygen atoms in total. The van der Waals surface area contributed by atoms with Gasteiger partial charge >= 0.3 is 5.97 Å². The molecule has 2 aromatic carbocycles. The Balaban J connectivity index is 1.75. The number of carbonyl (C=O) groups is 1. The van der Waals surface area contributed by atoms with E-state index in [0.29, 0.717) is 32.4 Å².